The Morgan fingerprint density at radius 3 is 2.62 bits per heavy atom. The zero-order valence-corrected chi connectivity index (χ0v) is 11.7. The topological polar surface area (TPSA) is 26.3 Å². The molecule has 0 aliphatic carbocycles. The van der Waals surface area contributed by atoms with Gasteiger partial charge >= 0.3 is 0 Å². The van der Waals surface area contributed by atoms with E-state index < -0.39 is 0 Å². The van der Waals surface area contributed by atoms with Crippen molar-refractivity contribution in [1.29, 1.82) is 0 Å². The summed E-state index contributed by atoms with van der Waals surface area (Å²) in [6.07, 6.45) is 1.48. The molecule has 0 saturated heterocycles. The van der Waals surface area contributed by atoms with E-state index in [1.807, 2.05) is 26.8 Å². The van der Waals surface area contributed by atoms with Gasteiger partial charge in [0.05, 0.1) is 7.11 Å². The molecular formula is C13H17BrO2. The third kappa shape index (κ3) is 2.46. The molecule has 0 radical (unpaired) electrons. The largest absolute Gasteiger partial charge is 0.496 e. The first-order valence-corrected chi connectivity index (χ1v) is 6.09. The van der Waals surface area contributed by atoms with Gasteiger partial charge in [-0.3, -0.25) is 0 Å². The third-order valence-electron chi connectivity index (χ3n) is 2.85. The molecule has 1 aromatic carbocycles. The second-order valence-corrected chi connectivity index (χ2v) is 4.90. The summed E-state index contributed by atoms with van der Waals surface area (Å²) in [7, 11) is 1.67. The minimum Gasteiger partial charge on any atom is -0.496 e. The van der Waals surface area contributed by atoms with Crippen LogP contribution in [0.2, 0.25) is 0 Å². The summed E-state index contributed by atoms with van der Waals surface area (Å²) >= 11 is 3.54. The molecule has 1 rings (SSSR count). The van der Waals surface area contributed by atoms with Gasteiger partial charge < -0.3 is 9.53 Å². The van der Waals surface area contributed by atoms with E-state index in [1.54, 1.807) is 7.11 Å². The summed E-state index contributed by atoms with van der Waals surface area (Å²) in [4.78, 5) is 10.6. The molecule has 16 heavy (non-hydrogen) atoms. The fourth-order valence-corrected chi connectivity index (χ4v) is 2.56. The fourth-order valence-electron chi connectivity index (χ4n) is 2.00. The van der Waals surface area contributed by atoms with E-state index in [-0.39, 0.29) is 5.92 Å². The van der Waals surface area contributed by atoms with Gasteiger partial charge in [0.2, 0.25) is 0 Å². The molecule has 1 unspecified atom stereocenters. The van der Waals surface area contributed by atoms with Crippen LogP contribution in [0.3, 0.4) is 0 Å². The zero-order chi connectivity index (χ0) is 12.3. The molecule has 0 aliphatic rings. The standard InChI is InChI=1S/C13H17BrO2/c1-8(5-6-15)12-10(3)11(14)7-9(2)13(12)16-4/h6-8H,5H2,1-4H3. The van der Waals surface area contributed by atoms with E-state index in [4.69, 9.17) is 4.74 Å². The molecule has 0 heterocycles. The highest BCUT2D eigenvalue weighted by Crippen LogP contribution is 2.37. The van der Waals surface area contributed by atoms with E-state index in [2.05, 4.69) is 15.9 Å². The molecule has 88 valence electrons. The Balaban J connectivity index is 3.37. The molecule has 0 amide bonds. The minimum absolute atomic E-state index is 0.184. The van der Waals surface area contributed by atoms with Gasteiger partial charge in [0.1, 0.15) is 12.0 Å². The number of halogens is 1. The number of hydrogen-bond acceptors (Lipinski definition) is 2. The first-order chi connectivity index (χ1) is 7.52. The van der Waals surface area contributed by atoms with Gasteiger partial charge in [-0.05, 0) is 37.0 Å². The zero-order valence-electron chi connectivity index (χ0n) is 10.1. The van der Waals surface area contributed by atoms with Crippen molar-refractivity contribution < 1.29 is 9.53 Å². The minimum atomic E-state index is 0.184. The lowest BCUT2D eigenvalue weighted by atomic mass is 9.91. The van der Waals surface area contributed by atoms with Crippen LogP contribution in [0.1, 0.15) is 36.0 Å². The van der Waals surface area contributed by atoms with Crippen molar-refractivity contribution in [2.45, 2.75) is 33.1 Å². The van der Waals surface area contributed by atoms with Crippen LogP contribution in [0.4, 0.5) is 0 Å². The normalized spacial score (nSPS) is 12.3. The predicted molar refractivity (Wildman–Crippen MR) is 69.3 cm³/mol. The second kappa shape index (κ2) is 5.48. The molecule has 0 N–H and O–H groups in total. The molecule has 1 aromatic rings. The SMILES string of the molecule is COc1c(C)cc(Br)c(C)c1C(C)CC=O. The third-order valence-corrected chi connectivity index (χ3v) is 3.68. The van der Waals surface area contributed by atoms with Crippen molar-refractivity contribution in [1.82, 2.24) is 0 Å². The summed E-state index contributed by atoms with van der Waals surface area (Å²) < 4.78 is 6.51. The maximum atomic E-state index is 10.6. The molecule has 0 bridgehead atoms. The Hall–Kier alpha value is -0.830. The summed E-state index contributed by atoms with van der Waals surface area (Å²) in [5.41, 5.74) is 3.37. The summed E-state index contributed by atoms with van der Waals surface area (Å²) in [6, 6.07) is 2.05. The average Bonchev–Trinajstić information content (AvgIpc) is 2.23. The van der Waals surface area contributed by atoms with Crippen LogP contribution in [0.5, 0.6) is 5.75 Å². The molecule has 0 spiro atoms. The van der Waals surface area contributed by atoms with Crippen molar-refractivity contribution >= 4 is 22.2 Å². The van der Waals surface area contributed by atoms with Gasteiger partial charge in [-0.25, -0.2) is 0 Å². The Kier molecular flexibility index (Phi) is 4.54. The fraction of sp³-hybridized carbons (Fsp3) is 0.462. The highest BCUT2D eigenvalue weighted by Gasteiger charge is 2.18. The lowest BCUT2D eigenvalue weighted by molar-refractivity contribution is -0.108. The number of ether oxygens (including phenoxy) is 1. The van der Waals surface area contributed by atoms with Crippen molar-refractivity contribution in [2.24, 2.45) is 0 Å². The Bertz CT molecular complexity index is 399. The smallest absolute Gasteiger partial charge is 0.125 e. The number of hydrogen-bond donors (Lipinski definition) is 0. The molecule has 1 atom stereocenters. The Morgan fingerprint density at radius 2 is 2.12 bits per heavy atom. The highest BCUT2D eigenvalue weighted by atomic mass is 79.9. The van der Waals surface area contributed by atoms with E-state index in [9.17, 15) is 4.79 Å². The van der Waals surface area contributed by atoms with Gasteiger partial charge in [0.25, 0.3) is 0 Å². The van der Waals surface area contributed by atoms with Crippen LogP contribution >= 0.6 is 15.9 Å². The van der Waals surface area contributed by atoms with Crippen molar-refractivity contribution in [3.8, 4) is 5.75 Å². The number of carbonyl (C=O) groups excluding carboxylic acids is 1. The summed E-state index contributed by atoms with van der Waals surface area (Å²) in [6.45, 7) is 6.11. The molecule has 0 aliphatic heterocycles. The van der Waals surface area contributed by atoms with Crippen LogP contribution in [0.15, 0.2) is 10.5 Å². The molecule has 0 aromatic heterocycles. The summed E-state index contributed by atoms with van der Waals surface area (Å²) in [5, 5.41) is 0. The predicted octanol–water partition coefficient (Wildman–Crippen LogP) is 3.77. The Labute approximate surface area is 105 Å². The lowest BCUT2D eigenvalue weighted by Crippen LogP contribution is -2.03. The molecule has 2 nitrogen and oxygen atoms in total. The van der Waals surface area contributed by atoms with E-state index >= 15 is 0 Å². The van der Waals surface area contributed by atoms with Gasteiger partial charge in [0.15, 0.2) is 0 Å². The number of rotatable bonds is 4. The maximum Gasteiger partial charge on any atom is 0.125 e. The van der Waals surface area contributed by atoms with Gasteiger partial charge in [0, 0.05) is 16.5 Å². The first kappa shape index (κ1) is 13.2. The van der Waals surface area contributed by atoms with Crippen molar-refractivity contribution in [2.75, 3.05) is 7.11 Å². The van der Waals surface area contributed by atoms with Crippen LogP contribution in [0, 0.1) is 13.8 Å². The quantitative estimate of drug-likeness (QED) is 0.787. The van der Waals surface area contributed by atoms with Gasteiger partial charge in [-0.15, -0.1) is 0 Å². The highest BCUT2D eigenvalue weighted by molar-refractivity contribution is 9.10. The lowest BCUT2D eigenvalue weighted by Gasteiger charge is -2.19. The molecule has 0 fully saturated rings. The summed E-state index contributed by atoms with van der Waals surface area (Å²) in [5.74, 6) is 1.08. The monoisotopic (exact) mass is 284 g/mol. The van der Waals surface area contributed by atoms with E-state index in [1.165, 1.54) is 0 Å². The van der Waals surface area contributed by atoms with Gasteiger partial charge in [-0.2, -0.15) is 0 Å². The van der Waals surface area contributed by atoms with Crippen molar-refractivity contribution in [3.05, 3.63) is 27.2 Å². The van der Waals surface area contributed by atoms with E-state index in [0.717, 1.165) is 33.2 Å². The number of aryl methyl sites for hydroxylation is 1. The Morgan fingerprint density at radius 1 is 1.50 bits per heavy atom. The first-order valence-electron chi connectivity index (χ1n) is 5.30. The second-order valence-electron chi connectivity index (χ2n) is 4.05. The maximum absolute atomic E-state index is 10.6. The average molecular weight is 285 g/mol. The van der Waals surface area contributed by atoms with E-state index in [0.29, 0.717) is 6.42 Å². The molecular weight excluding hydrogens is 268 g/mol. The van der Waals surface area contributed by atoms with Crippen LogP contribution in [-0.4, -0.2) is 13.4 Å². The number of carbonyl (C=O) groups is 1. The van der Waals surface area contributed by atoms with Gasteiger partial charge in [-0.1, -0.05) is 22.9 Å². The number of aldehydes is 1. The van der Waals surface area contributed by atoms with Crippen molar-refractivity contribution in [3.63, 3.8) is 0 Å². The van der Waals surface area contributed by atoms with Crippen LogP contribution in [-0.2, 0) is 4.79 Å². The molecule has 3 heteroatoms. The molecule has 0 saturated carbocycles. The van der Waals surface area contributed by atoms with Crippen LogP contribution < -0.4 is 4.74 Å². The van der Waals surface area contributed by atoms with Crippen LogP contribution in [0.25, 0.3) is 0 Å². The number of methoxy groups -OCH3 is 1. The number of benzene rings is 1.